The number of aromatic nitrogens is 2. The topological polar surface area (TPSA) is 77.0 Å². The van der Waals surface area contributed by atoms with Gasteiger partial charge >= 0.3 is 6.09 Å². The highest BCUT2D eigenvalue weighted by molar-refractivity contribution is 6.03. The highest BCUT2D eigenvalue weighted by Gasteiger charge is 2.48. The molecule has 3 aliphatic heterocycles. The summed E-state index contributed by atoms with van der Waals surface area (Å²) in [5.41, 5.74) is 3.09. The molecule has 0 bridgehead atoms. The highest BCUT2D eigenvalue weighted by Crippen LogP contribution is 2.47. The fraction of sp³-hybridized carbons (Fsp3) is 0.361. The number of piperidine rings is 1. The summed E-state index contributed by atoms with van der Waals surface area (Å²) in [6.45, 7) is 9.41. The van der Waals surface area contributed by atoms with E-state index in [1.807, 2.05) is 69.3 Å². The van der Waals surface area contributed by atoms with E-state index in [0.29, 0.717) is 54.4 Å². The van der Waals surface area contributed by atoms with E-state index in [-0.39, 0.29) is 17.3 Å². The lowest BCUT2D eigenvalue weighted by Gasteiger charge is -2.53. The van der Waals surface area contributed by atoms with E-state index in [0.717, 1.165) is 48.3 Å². The Morgan fingerprint density at radius 2 is 1.82 bits per heavy atom. The summed E-state index contributed by atoms with van der Waals surface area (Å²) < 4.78 is 33.7. The van der Waals surface area contributed by atoms with Gasteiger partial charge in [-0.25, -0.2) is 19.2 Å². The lowest BCUT2D eigenvalue weighted by molar-refractivity contribution is -0.0434. The minimum Gasteiger partial charge on any atom is -0.488 e. The Hall–Kier alpha value is -4.66. The Balaban J connectivity index is 1.18. The highest BCUT2D eigenvalue weighted by atomic mass is 19.1. The second-order valence-corrected chi connectivity index (χ2v) is 13.2. The van der Waals surface area contributed by atoms with Crippen molar-refractivity contribution in [3.8, 4) is 22.6 Å². The van der Waals surface area contributed by atoms with Crippen LogP contribution < -0.4 is 14.4 Å². The van der Waals surface area contributed by atoms with E-state index in [1.165, 1.54) is 6.07 Å². The Kier molecular flexibility index (Phi) is 7.34. The molecular formula is C36H37FN4O4. The standard InChI is InChI=1S/C36H37FN4O4/c1-35(2,3)45-34(42)41-21-36(22-41)14-16-40(17-15-36)33-31-28(38-23-39-33)19-26(25-11-8-18-43-32(25)31)30-27(37)12-7-13-29(30)44-20-24-9-5-4-6-10-24/h4-13,19,23H,14-18,20-22H2,1-3H3. The molecular weight excluding hydrogens is 571 g/mol. The first-order valence-electron chi connectivity index (χ1n) is 15.5. The van der Waals surface area contributed by atoms with Crippen molar-refractivity contribution in [2.75, 3.05) is 37.7 Å². The van der Waals surface area contributed by atoms with Crippen molar-refractivity contribution in [2.45, 2.75) is 45.8 Å². The summed E-state index contributed by atoms with van der Waals surface area (Å²) in [6, 6.07) is 16.7. The van der Waals surface area contributed by atoms with Crippen LogP contribution in [-0.2, 0) is 11.3 Å². The molecule has 9 heteroatoms. The maximum atomic E-state index is 15.7. The number of halogens is 1. The third kappa shape index (κ3) is 5.67. The summed E-state index contributed by atoms with van der Waals surface area (Å²) >= 11 is 0. The van der Waals surface area contributed by atoms with Crippen LogP contribution in [0.4, 0.5) is 15.0 Å². The molecule has 0 saturated carbocycles. The molecule has 0 atom stereocenters. The Labute approximate surface area is 262 Å². The molecule has 0 aliphatic carbocycles. The van der Waals surface area contributed by atoms with Crippen molar-refractivity contribution in [2.24, 2.45) is 5.41 Å². The smallest absolute Gasteiger partial charge is 0.410 e. The number of carbonyl (C=O) groups is 1. The van der Waals surface area contributed by atoms with Crippen molar-refractivity contribution < 1.29 is 23.4 Å². The molecule has 3 aliphatic rings. The first-order valence-corrected chi connectivity index (χ1v) is 15.5. The Bertz CT molecular complexity index is 1770. The number of likely N-dealkylation sites (tertiary alicyclic amines) is 1. The van der Waals surface area contributed by atoms with E-state index in [2.05, 4.69) is 9.88 Å². The number of fused-ring (bicyclic) bond motifs is 3. The average Bonchev–Trinajstić information content (AvgIpc) is 3.02. The van der Waals surface area contributed by atoms with Crippen LogP contribution in [0.2, 0.25) is 0 Å². The zero-order valence-electron chi connectivity index (χ0n) is 25.9. The van der Waals surface area contributed by atoms with Gasteiger partial charge in [0.05, 0.1) is 16.5 Å². The van der Waals surface area contributed by atoms with Crippen molar-refractivity contribution in [3.05, 3.63) is 83.9 Å². The molecule has 8 nitrogen and oxygen atoms in total. The minimum atomic E-state index is -0.503. The van der Waals surface area contributed by atoms with Crippen LogP contribution >= 0.6 is 0 Å². The minimum absolute atomic E-state index is 0.100. The predicted octanol–water partition coefficient (Wildman–Crippen LogP) is 7.26. The molecule has 0 radical (unpaired) electrons. The van der Waals surface area contributed by atoms with E-state index in [1.54, 1.807) is 23.4 Å². The summed E-state index contributed by atoms with van der Waals surface area (Å²) in [5, 5.41) is 0.823. The molecule has 4 aromatic rings. The molecule has 1 amide bonds. The summed E-state index contributed by atoms with van der Waals surface area (Å²) in [5.74, 6) is 1.54. The van der Waals surface area contributed by atoms with Gasteiger partial charge in [-0.05, 0) is 63.5 Å². The third-order valence-electron chi connectivity index (χ3n) is 8.82. The van der Waals surface area contributed by atoms with Crippen LogP contribution in [0.5, 0.6) is 11.5 Å². The number of benzene rings is 3. The number of hydrogen-bond donors (Lipinski definition) is 0. The third-order valence-corrected chi connectivity index (χ3v) is 8.82. The van der Waals surface area contributed by atoms with Crippen LogP contribution in [0.3, 0.4) is 0 Å². The number of carbonyl (C=O) groups excluding carboxylic acids is 1. The zero-order valence-corrected chi connectivity index (χ0v) is 25.9. The summed E-state index contributed by atoms with van der Waals surface area (Å²) in [4.78, 5) is 26.0. The predicted molar refractivity (Wildman–Crippen MR) is 172 cm³/mol. The SMILES string of the molecule is CC(C)(C)OC(=O)N1CC2(CCN(c3ncnc4cc(-c5c(F)cccc5OCc5ccccc5)c5c(c34)OCC=C5)CC2)C1. The normalized spacial score (nSPS) is 17.1. The van der Waals surface area contributed by atoms with Gasteiger partial charge in [-0.2, -0.15) is 0 Å². The van der Waals surface area contributed by atoms with Crippen LogP contribution in [-0.4, -0.2) is 59.3 Å². The van der Waals surface area contributed by atoms with Gasteiger partial charge in [-0.15, -0.1) is 0 Å². The molecule has 1 aromatic heterocycles. The lowest BCUT2D eigenvalue weighted by Crippen LogP contribution is -2.62. The van der Waals surface area contributed by atoms with Gasteiger partial charge in [0.2, 0.25) is 0 Å². The number of anilines is 1. The molecule has 45 heavy (non-hydrogen) atoms. The van der Waals surface area contributed by atoms with Crippen molar-refractivity contribution in [1.29, 1.82) is 0 Å². The molecule has 0 N–H and O–H groups in total. The number of nitrogens with zero attached hydrogens (tertiary/aromatic N) is 4. The molecule has 4 heterocycles. The van der Waals surface area contributed by atoms with Gasteiger partial charge in [0.25, 0.3) is 0 Å². The fourth-order valence-electron chi connectivity index (χ4n) is 6.60. The van der Waals surface area contributed by atoms with Gasteiger partial charge < -0.3 is 24.0 Å². The van der Waals surface area contributed by atoms with Gasteiger partial charge in [-0.3, -0.25) is 0 Å². The fourth-order valence-corrected chi connectivity index (χ4v) is 6.60. The van der Waals surface area contributed by atoms with E-state index >= 15 is 4.39 Å². The van der Waals surface area contributed by atoms with Crippen molar-refractivity contribution >= 4 is 28.9 Å². The van der Waals surface area contributed by atoms with Crippen LogP contribution in [0.15, 0.2) is 67.0 Å². The zero-order chi connectivity index (χ0) is 31.2. The largest absolute Gasteiger partial charge is 0.488 e. The maximum absolute atomic E-state index is 15.7. The molecule has 2 fully saturated rings. The summed E-state index contributed by atoms with van der Waals surface area (Å²) in [7, 11) is 0. The molecule has 232 valence electrons. The monoisotopic (exact) mass is 608 g/mol. The molecule has 2 saturated heterocycles. The molecule has 1 spiro atoms. The van der Waals surface area contributed by atoms with Gasteiger partial charge in [0, 0.05) is 42.7 Å². The first-order chi connectivity index (χ1) is 21.7. The van der Waals surface area contributed by atoms with Crippen LogP contribution in [0, 0.1) is 11.2 Å². The number of hydrogen-bond acceptors (Lipinski definition) is 7. The van der Waals surface area contributed by atoms with Crippen molar-refractivity contribution in [3.63, 3.8) is 0 Å². The van der Waals surface area contributed by atoms with Crippen LogP contribution in [0.1, 0.15) is 44.7 Å². The van der Waals surface area contributed by atoms with E-state index < -0.39 is 5.60 Å². The maximum Gasteiger partial charge on any atom is 0.410 e. The second kappa shape index (κ2) is 11.4. The number of rotatable bonds is 5. The second-order valence-electron chi connectivity index (χ2n) is 13.2. The molecule has 3 aromatic carbocycles. The van der Waals surface area contributed by atoms with Gasteiger partial charge in [-0.1, -0.05) is 42.5 Å². The van der Waals surface area contributed by atoms with E-state index in [4.69, 9.17) is 19.2 Å². The Morgan fingerprint density at radius 1 is 1.04 bits per heavy atom. The molecule has 7 rings (SSSR count). The summed E-state index contributed by atoms with van der Waals surface area (Å²) in [6.07, 6.45) is 7.13. The van der Waals surface area contributed by atoms with Crippen molar-refractivity contribution in [1.82, 2.24) is 14.9 Å². The van der Waals surface area contributed by atoms with Crippen LogP contribution in [0.25, 0.3) is 28.1 Å². The Morgan fingerprint density at radius 3 is 2.58 bits per heavy atom. The molecule has 0 unspecified atom stereocenters. The quantitative estimate of drug-likeness (QED) is 0.236. The number of ether oxygens (including phenoxy) is 3. The first kappa shape index (κ1) is 29.1. The number of amides is 1. The van der Waals surface area contributed by atoms with Gasteiger partial charge in [0.1, 0.15) is 48.3 Å². The van der Waals surface area contributed by atoms with Gasteiger partial charge in [0.15, 0.2) is 0 Å². The lowest BCUT2D eigenvalue weighted by atomic mass is 9.72. The average molecular weight is 609 g/mol. The van der Waals surface area contributed by atoms with E-state index in [9.17, 15) is 4.79 Å².